The third kappa shape index (κ3) is 1.41. The Bertz CT molecular complexity index is 363. The molecule has 0 spiro atoms. The molecule has 1 aromatic rings. The minimum atomic E-state index is 0.112. The molecule has 1 heterocycles. The quantitative estimate of drug-likeness (QED) is 0.660. The van der Waals surface area contributed by atoms with Crippen molar-refractivity contribution in [1.82, 2.24) is 4.98 Å². The Morgan fingerprint density at radius 2 is 2.31 bits per heavy atom. The van der Waals surface area contributed by atoms with Crippen LogP contribution in [-0.4, -0.2) is 10.8 Å². The highest BCUT2D eigenvalue weighted by atomic mass is 16.4. The molecule has 0 aromatic carbocycles. The van der Waals surface area contributed by atoms with Gasteiger partial charge in [0.2, 0.25) is 5.89 Å². The van der Waals surface area contributed by atoms with Crippen LogP contribution < -0.4 is 0 Å². The molecule has 0 radical (unpaired) electrons. The Kier molecular flexibility index (Phi) is 2.00. The number of carbonyl (C=O) groups is 1. The lowest BCUT2D eigenvalue weighted by Crippen LogP contribution is -2.09. The summed E-state index contributed by atoms with van der Waals surface area (Å²) < 4.78 is 5.40. The van der Waals surface area contributed by atoms with E-state index >= 15 is 0 Å². The molecule has 1 aromatic heterocycles. The molecule has 0 unspecified atom stereocenters. The average molecular weight is 177 g/mol. The normalized spacial score (nSPS) is 16.5. The van der Waals surface area contributed by atoms with E-state index in [-0.39, 0.29) is 5.78 Å². The summed E-state index contributed by atoms with van der Waals surface area (Å²) in [6.45, 7) is 1.89. The van der Waals surface area contributed by atoms with Crippen LogP contribution in [0.1, 0.15) is 41.9 Å². The summed E-state index contributed by atoms with van der Waals surface area (Å²) in [4.78, 5) is 15.5. The first kappa shape index (κ1) is 8.23. The van der Waals surface area contributed by atoms with Gasteiger partial charge in [-0.05, 0) is 19.4 Å². The van der Waals surface area contributed by atoms with E-state index in [0.29, 0.717) is 18.0 Å². The van der Waals surface area contributed by atoms with Crippen molar-refractivity contribution in [2.75, 3.05) is 0 Å². The second-order valence-electron chi connectivity index (χ2n) is 3.10. The number of carbonyl (C=O) groups excluding carboxylic acids is 1. The van der Waals surface area contributed by atoms with Crippen LogP contribution in [0.3, 0.4) is 0 Å². The van der Waals surface area contributed by atoms with Crippen LogP contribution in [0.25, 0.3) is 6.08 Å². The van der Waals surface area contributed by atoms with Gasteiger partial charge in [0.25, 0.3) is 0 Å². The van der Waals surface area contributed by atoms with Crippen LogP contribution in [0.2, 0.25) is 0 Å². The Hall–Kier alpha value is -1.38. The Balaban J connectivity index is 2.42. The van der Waals surface area contributed by atoms with E-state index in [2.05, 4.69) is 4.98 Å². The van der Waals surface area contributed by atoms with Gasteiger partial charge in [-0.2, -0.15) is 0 Å². The van der Waals surface area contributed by atoms with Gasteiger partial charge in [0.15, 0.2) is 5.78 Å². The fraction of sp³-hybridized carbons (Fsp3) is 0.400. The van der Waals surface area contributed by atoms with Crippen LogP contribution in [0, 0.1) is 0 Å². The summed E-state index contributed by atoms with van der Waals surface area (Å²) in [5, 5.41) is 0. The minimum absolute atomic E-state index is 0.112. The lowest BCUT2D eigenvalue weighted by atomic mass is 10.0. The fourth-order valence-electron chi connectivity index (χ4n) is 1.50. The molecule has 0 fully saturated rings. The zero-order chi connectivity index (χ0) is 9.26. The van der Waals surface area contributed by atoms with Crippen LogP contribution >= 0.6 is 0 Å². The maximum atomic E-state index is 11.4. The smallest absolute Gasteiger partial charge is 0.219 e. The van der Waals surface area contributed by atoms with E-state index in [4.69, 9.17) is 4.42 Å². The van der Waals surface area contributed by atoms with Crippen molar-refractivity contribution in [1.29, 1.82) is 0 Å². The van der Waals surface area contributed by atoms with Gasteiger partial charge in [-0.25, -0.2) is 4.98 Å². The summed E-state index contributed by atoms with van der Waals surface area (Å²) in [7, 11) is 0. The topological polar surface area (TPSA) is 43.1 Å². The summed E-state index contributed by atoms with van der Waals surface area (Å²) in [6.07, 6.45) is 5.95. The highest BCUT2D eigenvalue weighted by Gasteiger charge is 2.22. The Morgan fingerprint density at radius 1 is 1.46 bits per heavy atom. The molecule has 0 bridgehead atoms. The maximum absolute atomic E-state index is 11.4. The first-order valence-corrected chi connectivity index (χ1v) is 4.47. The number of aryl methyl sites for hydroxylation is 1. The number of hydrogen-bond donors (Lipinski definition) is 0. The molecule has 2 rings (SSSR count). The molecule has 68 valence electrons. The second-order valence-corrected chi connectivity index (χ2v) is 3.10. The average Bonchev–Trinajstić information content (AvgIpc) is 2.49. The molecule has 0 N–H and O–H groups in total. The fourth-order valence-corrected chi connectivity index (χ4v) is 1.50. The van der Waals surface area contributed by atoms with Crippen molar-refractivity contribution >= 4 is 11.9 Å². The van der Waals surface area contributed by atoms with E-state index < -0.39 is 0 Å². The number of allylic oxidation sites excluding steroid dienone is 1. The first-order chi connectivity index (χ1) is 6.31. The second kappa shape index (κ2) is 3.17. The standard InChI is InChI=1S/C10H11NO2/c1-2-4-9-11-10-7(12)5-3-6-8(10)13-9/h2,4H,3,5-6H2,1H3/b4-2-. The monoisotopic (exact) mass is 177 g/mol. The third-order valence-corrected chi connectivity index (χ3v) is 2.09. The number of fused-ring (bicyclic) bond motifs is 1. The Labute approximate surface area is 76.5 Å². The zero-order valence-electron chi connectivity index (χ0n) is 7.54. The molecule has 0 aliphatic heterocycles. The van der Waals surface area contributed by atoms with Gasteiger partial charge < -0.3 is 4.42 Å². The molecule has 0 atom stereocenters. The van der Waals surface area contributed by atoms with Crippen molar-refractivity contribution in [2.45, 2.75) is 26.2 Å². The van der Waals surface area contributed by atoms with Gasteiger partial charge in [-0.1, -0.05) is 6.08 Å². The molecule has 0 amide bonds. The van der Waals surface area contributed by atoms with Gasteiger partial charge in [-0.15, -0.1) is 0 Å². The van der Waals surface area contributed by atoms with Crippen molar-refractivity contribution in [3.63, 3.8) is 0 Å². The molecule has 13 heavy (non-hydrogen) atoms. The molecule has 0 saturated heterocycles. The number of aromatic nitrogens is 1. The molecular weight excluding hydrogens is 166 g/mol. The van der Waals surface area contributed by atoms with E-state index in [1.807, 2.05) is 13.0 Å². The predicted octanol–water partition coefficient (Wildman–Crippen LogP) is 2.23. The minimum Gasteiger partial charge on any atom is -0.441 e. The molecule has 3 nitrogen and oxygen atoms in total. The number of hydrogen-bond acceptors (Lipinski definition) is 3. The summed E-state index contributed by atoms with van der Waals surface area (Å²) in [6, 6.07) is 0. The molecule has 0 saturated carbocycles. The highest BCUT2D eigenvalue weighted by Crippen LogP contribution is 2.22. The largest absolute Gasteiger partial charge is 0.441 e. The van der Waals surface area contributed by atoms with E-state index in [1.165, 1.54) is 0 Å². The summed E-state index contributed by atoms with van der Waals surface area (Å²) in [5.41, 5.74) is 0.541. The van der Waals surface area contributed by atoms with Gasteiger partial charge in [0.05, 0.1) is 0 Å². The summed E-state index contributed by atoms with van der Waals surface area (Å²) in [5.74, 6) is 1.41. The zero-order valence-corrected chi connectivity index (χ0v) is 7.54. The van der Waals surface area contributed by atoms with Crippen LogP contribution in [0.4, 0.5) is 0 Å². The Morgan fingerprint density at radius 3 is 3.00 bits per heavy atom. The van der Waals surface area contributed by atoms with Gasteiger partial charge in [-0.3, -0.25) is 4.79 Å². The third-order valence-electron chi connectivity index (χ3n) is 2.09. The van der Waals surface area contributed by atoms with Crippen LogP contribution in [0.5, 0.6) is 0 Å². The number of Topliss-reactive ketones (excluding diaryl/α,β-unsaturated/α-hetero) is 1. The maximum Gasteiger partial charge on any atom is 0.219 e. The lowest BCUT2D eigenvalue weighted by Gasteiger charge is -2.04. The number of nitrogens with zero attached hydrogens (tertiary/aromatic N) is 1. The van der Waals surface area contributed by atoms with Crippen molar-refractivity contribution in [3.8, 4) is 0 Å². The first-order valence-electron chi connectivity index (χ1n) is 4.47. The molecular formula is C10H11NO2. The van der Waals surface area contributed by atoms with Gasteiger partial charge in [0.1, 0.15) is 11.5 Å². The van der Waals surface area contributed by atoms with Crippen molar-refractivity contribution in [3.05, 3.63) is 23.4 Å². The van der Waals surface area contributed by atoms with Crippen molar-refractivity contribution in [2.24, 2.45) is 0 Å². The number of oxazole rings is 1. The molecule has 1 aliphatic rings. The van der Waals surface area contributed by atoms with Crippen LogP contribution in [0.15, 0.2) is 10.5 Å². The van der Waals surface area contributed by atoms with Gasteiger partial charge in [0, 0.05) is 12.8 Å². The molecule has 3 heteroatoms. The van der Waals surface area contributed by atoms with E-state index in [9.17, 15) is 4.79 Å². The van der Waals surface area contributed by atoms with E-state index in [0.717, 1.165) is 18.6 Å². The van der Waals surface area contributed by atoms with Crippen molar-refractivity contribution < 1.29 is 9.21 Å². The van der Waals surface area contributed by atoms with E-state index in [1.54, 1.807) is 6.08 Å². The number of ketones is 1. The van der Waals surface area contributed by atoms with Gasteiger partial charge >= 0.3 is 0 Å². The lowest BCUT2D eigenvalue weighted by molar-refractivity contribution is 0.0965. The van der Waals surface area contributed by atoms with Crippen LogP contribution in [-0.2, 0) is 6.42 Å². The number of rotatable bonds is 1. The summed E-state index contributed by atoms with van der Waals surface area (Å²) >= 11 is 0. The molecule has 1 aliphatic carbocycles. The highest BCUT2D eigenvalue weighted by molar-refractivity contribution is 5.96. The predicted molar refractivity (Wildman–Crippen MR) is 48.5 cm³/mol. The SMILES string of the molecule is C/C=C\c1nc2c(o1)CCCC2=O.